The third-order valence-electron chi connectivity index (χ3n) is 4.72. The molecule has 1 unspecified atom stereocenters. The lowest BCUT2D eigenvalue weighted by Crippen LogP contribution is -2.54. The number of nitro benzene ring substituents is 1. The van der Waals surface area contributed by atoms with Crippen LogP contribution in [0.4, 0.5) is 5.69 Å². The van der Waals surface area contributed by atoms with Crippen LogP contribution in [-0.2, 0) is 20.0 Å². The molecular weight excluding hydrogens is 372 g/mol. The minimum atomic E-state index is -3.96. The summed E-state index contributed by atoms with van der Waals surface area (Å²) < 4.78 is 25.8. The highest BCUT2D eigenvalue weighted by Gasteiger charge is 2.48. The first-order valence-electron chi connectivity index (χ1n) is 7.97. The number of rotatable bonds is 4. The van der Waals surface area contributed by atoms with Gasteiger partial charge in [-0.25, -0.2) is 8.42 Å². The number of hydrogen-bond acceptors (Lipinski definition) is 6. The van der Waals surface area contributed by atoms with Crippen LogP contribution in [0.5, 0.6) is 0 Å². The molecule has 1 aliphatic heterocycles. The monoisotopic (exact) mass is 388 g/mol. The zero-order chi connectivity index (χ0) is 20.0. The number of non-ortho nitro benzene ring substituents is 1. The summed E-state index contributed by atoms with van der Waals surface area (Å²) in [4.78, 5) is 36.1. The van der Waals surface area contributed by atoms with Crippen LogP contribution in [0.15, 0.2) is 53.4 Å². The topological polar surface area (TPSA) is 115 Å². The van der Waals surface area contributed by atoms with Crippen molar-refractivity contribution in [3.05, 3.63) is 69.8 Å². The normalized spacial score (nSPS) is 19.7. The van der Waals surface area contributed by atoms with E-state index >= 15 is 0 Å². The number of amides is 2. The van der Waals surface area contributed by atoms with Crippen molar-refractivity contribution >= 4 is 27.3 Å². The van der Waals surface area contributed by atoms with Crippen molar-refractivity contribution in [1.82, 2.24) is 4.90 Å². The first-order valence-corrected chi connectivity index (χ1v) is 9.62. The van der Waals surface area contributed by atoms with E-state index in [1.807, 2.05) is 0 Å². The SMILES string of the molecule is CN1C(=O)c2ccccc2C(C)(CS(=O)(=O)c2ccc([N+](=O)[O-])cc2)C1=O. The van der Waals surface area contributed by atoms with Crippen LogP contribution in [0.1, 0.15) is 22.8 Å². The quantitative estimate of drug-likeness (QED) is 0.449. The number of sulfone groups is 1. The van der Waals surface area contributed by atoms with Crippen molar-refractivity contribution in [1.29, 1.82) is 0 Å². The number of hydrogen-bond donors (Lipinski definition) is 0. The Balaban J connectivity index is 2.07. The van der Waals surface area contributed by atoms with Gasteiger partial charge in [-0.1, -0.05) is 18.2 Å². The van der Waals surface area contributed by atoms with Crippen LogP contribution < -0.4 is 0 Å². The Morgan fingerprint density at radius 2 is 1.67 bits per heavy atom. The smallest absolute Gasteiger partial charge is 0.269 e. The van der Waals surface area contributed by atoms with Crippen molar-refractivity contribution in [2.75, 3.05) is 12.8 Å². The molecule has 2 amide bonds. The van der Waals surface area contributed by atoms with Gasteiger partial charge in [-0.3, -0.25) is 24.6 Å². The van der Waals surface area contributed by atoms with Gasteiger partial charge in [0.1, 0.15) is 0 Å². The van der Waals surface area contributed by atoms with Crippen molar-refractivity contribution in [3.63, 3.8) is 0 Å². The van der Waals surface area contributed by atoms with Gasteiger partial charge in [0, 0.05) is 24.7 Å². The standard InChI is InChI=1S/C18H16N2O6S/c1-18(11-27(25,26)13-9-7-12(8-10-13)20(23)24)15-6-4-3-5-14(15)16(21)19(2)17(18)22/h3-10H,11H2,1-2H3. The van der Waals surface area contributed by atoms with Crippen molar-refractivity contribution in [2.24, 2.45) is 0 Å². The van der Waals surface area contributed by atoms with E-state index in [1.54, 1.807) is 24.3 Å². The lowest BCUT2D eigenvalue weighted by Gasteiger charge is -2.37. The predicted molar refractivity (Wildman–Crippen MR) is 96.0 cm³/mol. The molecule has 27 heavy (non-hydrogen) atoms. The van der Waals surface area contributed by atoms with E-state index in [-0.39, 0.29) is 16.1 Å². The second-order valence-corrected chi connectivity index (χ2v) is 8.55. The zero-order valence-electron chi connectivity index (χ0n) is 14.6. The molecule has 0 saturated heterocycles. The molecule has 1 atom stereocenters. The molecule has 0 radical (unpaired) electrons. The molecule has 0 bridgehead atoms. The third-order valence-corrected chi connectivity index (χ3v) is 6.67. The van der Waals surface area contributed by atoms with E-state index in [0.29, 0.717) is 5.56 Å². The fourth-order valence-electron chi connectivity index (χ4n) is 3.29. The molecule has 2 aromatic rings. The summed E-state index contributed by atoms with van der Waals surface area (Å²) in [5.41, 5.74) is -1.06. The Kier molecular flexibility index (Phi) is 4.35. The van der Waals surface area contributed by atoms with Gasteiger partial charge in [-0.15, -0.1) is 0 Å². The number of benzene rings is 2. The van der Waals surface area contributed by atoms with Gasteiger partial charge in [-0.05, 0) is 30.7 Å². The summed E-state index contributed by atoms with van der Waals surface area (Å²) in [6.45, 7) is 1.49. The predicted octanol–water partition coefficient (Wildman–Crippen LogP) is 1.94. The zero-order valence-corrected chi connectivity index (χ0v) is 15.4. The van der Waals surface area contributed by atoms with E-state index in [1.165, 1.54) is 14.0 Å². The number of nitro groups is 1. The van der Waals surface area contributed by atoms with Gasteiger partial charge < -0.3 is 0 Å². The third kappa shape index (κ3) is 2.99. The summed E-state index contributed by atoms with van der Waals surface area (Å²) in [5, 5.41) is 10.8. The highest BCUT2D eigenvalue weighted by molar-refractivity contribution is 7.91. The second-order valence-electron chi connectivity index (χ2n) is 6.56. The minimum absolute atomic E-state index is 0.126. The van der Waals surface area contributed by atoms with Gasteiger partial charge in [0.2, 0.25) is 5.91 Å². The van der Waals surface area contributed by atoms with Crippen LogP contribution in [-0.4, -0.2) is 42.9 Å². The number of carbonyl (C=O) groups is 2. The van der Waals surface area contributed by atoms with Crippen LogP contribution in [0.3, 0.4) is 0 Å². The number of nitrogens with zero attached hydrogens (tertiary/aromatic N) is 2. The lowest BCUT2D eigenvalue weighted by atomic mass is 9.77. The Hall–Kier alpha value is -3.07. The largest absolute Gasteiger partial charge is 0.281 e. The molecule has 1 heterocycles. The number of fused-ring (bicyclic) bond motifs is 1. The van der Waals surface area contributed by atoms with E-state index in [0.717, 1.165) is 29.2 Å². The minimum Gasteiger partial charge on any atom is -0.281 e. The Bertz CT molecular complexity index is 1060. The molecule has 0 saturated carbocycles. The average Bonchev–Trinajstić information content (AvgIpc) is 2.65. The highest BCUT2D eigenvalue weighted by Crippen LogP contribution is 2.36. The number of imide groups is 1. The summed E-state index contributed by atoms with van der Waals surface area (Å²) >= 11 is 0. The fraction of sp³-hybridized carbons (Fsp3) is 0.222. The second kappa shape index (κ2) is 6.27. The molecule has 1 aliphatic rings. The Morgan fingerprint density at radius 1 is 1.07 bits per heavy atom. The number of likely N-dealkylation sites (N-methyl/N-ethyl adjacent to an activating group) is 1. The maximum atomic E-state index is 12.9. The molecule has 0 spiro atoms. The molecule has 2 aromatic carbocycles. The van der Waals surface area contributed by atoms with Crippen molar-refractivity contribution in [3.8, 4) is 0 Å². The van der Waals surface area contributed by atoms with E-state index in [4.69, 9.17) is 0 Å². The van der Waals surface area contributed by atoms with E-state index in [2.05, 4.69) is 0 Å². The summed E-state index contributed by atoms with van der Waals surface area (Å²) in [5.74, 6) is -1.66. The Labute approximate surface area is 155 Å². The fourth-order valence-corrected chi connectivity index (χ4v) is 5.04. The molecule has 0 N–H and O–H groups in total. The summed E-state index contributed by atoms with van der Waals surface area (Å²) in [7, 11) is -2.64. The molecule has 9 heteroatoms. The van der Waals surface area contributed by atoms with Crippen LogP contribution in [0, 0.1) is 10.1 Å². The molecule has 140 valence electrons. The maximum absolute atomic E-state index is 12.9. The van der Waals surface area contributed by atoms with Crippen LogP contribution >= 0.6 is 0 Å². The first-order chi connectivity index (χ1) is 12.6. The van der Waals surface area contributed by atoms with Crippen LogP contribution in [0.2, 0.25) is 0 Å². The molecule has 8 nitrogen and oxygen atoms in total. The van der Waals surface area contributed by atoms with Crippen molar-refractivity contribution < 1.29 is 22.9 Å². The molecule has 3 rings (SSSR count). The highest BCUT2D eigenvalue weighted by atomic mass is 32.2. The van der Waals surface area contributed by atoms with Gasteiger partial charge in [-0.2, -0.15) is 0 Å². The summed E-state index contributed by atoms with van der Waals surface area (Å²) in [6, 6.07) is 10.9. The number of carbonyl (C=O) groups excluding carboxylic acids is 2. The molecular formula is C18H16N2O6S. The lowest BCUT2D eigenvalue weighted by molar-refractivity contribution is -0.384. The average molecular weight is 388 g/mol. The van der Waals surface area contributed by atoms with Gasteiger partial charge in [0.15, 0.2) is 9.84 Å². The molecule has 0 fully saturated rings. The van der Waals surface area contributed by atoms with Gasteiger partial charge in [0.05, 0.1) is 21.0 Å². The van der Waals surface area contributed by atoms with Gasteiger partial charge in [0.25, 0.3) is 11.6 Å². The maximum Gasteiger partial charge on any atom is 0.269 e. The van der Waals surface area contributed by atoms with Gasteiger partial charge >= 0.3 is 0 Å². The summed E-state index contributed by atoms with van der Waals surface area (Å²) in [6.07, 6.45) is 0. The van der Waals surface area contributed by atoms with Crippen LogP contribution in [0.25, 0.3) is 0 Å². The molecule has 0 aromatic heterocycles. The molecule has 0 aliphatic carbocycles. The van der Waals surface area contributed by atoms with E-state index < -0.39 is 37.7 Å². The van der Waals surface area contributed by atoms with Crippen molar-refractivity contribution in [2.45, 2.75) is 17.2 Å². The van der Waals surface area contributed by atoms with E-state index in [9.17, 15) is 28.1 Å². The Morgan fingerprint density at radius 3 is 2.26 bits per heavy atom. The first kappa shape index (κ1) is 18.7.